The second-order valence-corrected chi connectivity index (χ2v) is 22.1. The molecule has 0 unspecified atom stereocenters. The van der Waals surface area contributed by atoms with Crippen molar-refractivity contribution in [2.24, 2.45) is 0 Å². The highest BCUT2D eigenvalue weighted by atomic mass is 28.3. The Balaban J connectivity index is 1.16. The number of aromatic nitrogens is 3. The second-order valence-electron chi connectivity index (χ2n) is 18.4. The Kier molecular flexibility index (Phi) is 9.23. The average molecular weight is 908 g/mol. The van der Waals surface area contributed by atoms with Crippen LogP contribution in [-0.2, 0) is 0 Å². The van der Waals surface area contributed by atoms with E-state index in [1.54, 1.807) is 0 Å². The average Bonchev–Trinajstić information content (AvgIpc) is 4.08. The van der Waals surface area contributed by atoms with Crippen molar-refractivity contribution >= 4 is 94.2 Å². The summed E-state index contributed by atoms with van der Waals surface area (Å²) in [5.74, 6) is 0. The van der Waals surface area contributed by atoms with Crippen LogP contribution in [0.2, 0.25) is 0 Å². The Morgan fingerprint density at radius 3 is 1.21 bits per heavy atom. The summed E-state index contributed by atoms with van der Waals surface area (Å²) in [6.07, 6.45) is 0. The van der Waals surface area contributed by atoms with Crippen molar-refractivity contribution in [3.05, 3.63) is 273 Å². The number of hydrogen-bond acceptors (Lipinski definition) is 0. The predicted molar refractivity (Wildman–Crippen MR) is 299 cm³/mol. The molecule has 3 aromatic heterocycles. The first-order valence-corrected chi connectivity index (χ1v) is 26.2. The highest BCUT2D eigenvalue weighted by molar-refractivity contribution is 7.21. The topological polar surface area (TPSA) is 14.8 Å². The normalized spacial score (nSPS) is 12.0. The molecule has 0 aliphatic carbocycles. The van der Waals surface area contributed by atoms with E-state index in [1.807, 2.05) is 0 Å². The van der Waals surface area contributed by atoms with Crippen molar-refractivity contribution in [1.29, 1.82) is 0 Å². The van der Waals surface area contributed by atoms with Gasteiger partial charge in [0.05, 0.1) is 38.8 Å². The molecule has 0 atom stereocenters. The van der Waals surface area contributed by atoms with E-state index in [-0.39, 0.29) is 0 Å². The second kappa shape index (κ2) is 16.1. The SMILES string of the molecule is c1ccc(-c2ccccc2-n2c3ccccc3c3ccc(-n4c5ccccc5c5c([Si](c6ccccc6)(c6ccccc6)c6ccccc6)c(-n6c7ccccc7c7ccccc76)ccc54)cc32)cc1. The van der Waals surface area contributed by atoms with Gasteiger partial charge in [0, 0.05) is 49.3 Å². The molecule has 0 fully saturated rings. The van der Waals surface area contributed by atoms with E-state index >= 15 is 0 Å². The van der Waals surface area contributed by atoms with Gasteiger partial charge < -0.3 is 13.7 Å². The van der Waals surface area contributed by atoms with Gasteiger partial charge in [-0.25, -0.2) is 0 Å². The van der Waals surface area contributed by atoms with Gasteiger partial charge in [0.1, 0.15) is 0 Å². The van der Waals surface area contributed by atoms with Crippen LogP contribution >= 0.6 is 0 Å². The van der Waals surface area contributed by atoms with Gasteiger partial charge in [-0.05, 0) is 80.9 Å². The summed E-state index contributed by atoms with van der Waals surface area (Å²) in [5, 5.41) is 12.8. The summed E-state index contributed by atoms with van der Waals surface area (Å²) in [4.78, 5) is 0. The summed E-state index contributed by atoms with van der Waals surface area (Å²) in [6, 6.07) is 102. The van der Waals surface area contributed by atoms with E-state index in [4.69, 9.17) is 0 Å². The molecule has 0 aliphatic rings. The zero-order chi connectivity index (χ0) is 46.2. The largest absolute Gasteiger partial charge is 0.309 e. The molecule has 0 amide bonds. The van der Waals surface area contributed by atoms with E-state index in [1.165, 1.54) is 97.5 Å². The standard InChI is InChI=1S/C66H45N3Si/c1-5-23-46(24-6-1)51-31-13-18-36-57(51)69-60-39-21-16-34-54(60)55-42-41-47(45-64(55)69)67-61-40-22-17-35-56(61)65-62(67)43-44-63(68-58-37-19-14-32-52(58)53-33-15-20-38-59(53)68)66(65)70(48-25-7-2-8-26-48,49-27-9-3-10-28-49)50-29-11-4-12-30-50/h1-45H. The van der Waals surface area contributed by atoms with Gasteiger partial charge in [-0.1, -0.05) is 218 Å². The smallest absolute Gasteiger partial charge is 0.182 e. The van der Waals surface area contributed by atoms with E-state index in [2.05, 4.69) is 287 Å². The molecular weight excluding hydrogens is 863 g/mol. The minimum absolute atomic E-state index is 1.11. The predicted octanol–water partition coefficient (Wildman–Crippen LogP) is 14.0. The first kappa shape index (κ1) is 40.1. The highest BCUT2D eigenvalue weighted by Crippen LogP contribution is 2.41. The number of para-hydroxylation sites is 5. The van der Waals surface area contributed by atoms with Crippen molar-refractivity contribution in [2.45, 2.75) is 0 Å². The minimum atomic E-state index is -3.24. The molecule has 0 spiro atoms. The summed E-state index contributed by atoms with van der Waals surface area (Å²) < 4.78 is 7.58. The number of rotatable bonds is 8. The lowest BCUT2D eigenvalue weighted by atomic mass is 10.0. The molecule has 0 saturated heterocycles. The first-order chi connectivity index (χ1) is 34.8. The maximum atomic E-state index is 2.57. The Bertz CT molecular complexity index is 4130. The molecule has 11 aromatic carbocycles. The van der Waals surface area contributed by atoms with Crippen LogP contribution in [0.4, 0.5) is 0 Å². The zero-order valence-corrected chi connectivity index (χ0v) is 39.3. The highest BCUT2D eigenvalue weighted by Gasteiger charge is 2.45. The van der Waals surface area contributed by atoms with Gasteiger partial charge in [0.15, 0.2) is 8.07 Å². The molecule has 0 saturated carbocycles. The fourth-order valence-corrected chi connectivity index (χ4v) is 17.1. The summed E-state index contributed by atoms with van der Waals surface area (Å²) in [6.45, 7) is 0. The van der Waals surface area contributed by atoms with Crippen molar-refractivity contribution in [2.75, 3.05) is 0 Å². The maximum absolute atomic E-state index is 3.24. The summed E-state index contributed by atoms with van der Waals surface area (Å²) >= 11 is 0. The van der Waals surface area contributed by atoms with Crippen LogP contribution in [-0.4, -0.2) is 21.8 Å². The minimum Gasteiger partial charge on any atom is -0.309 e. The fraction of sp³-hybridized carbons (Fsp3) is 0. The third-order valence-corrected chi connectivity index (χ3v) is 19.6. The molecule has 0 bridgehead atoms. The van der Waals surface area contributed by atoms with Gasteiger partial charge in [-0.3, -0.25) is 0 Å². The molecule has 4 heteroatoms. The van der Waals surface area contributed by atoms with Crippen molar-refractivity contribution in [3.63, 3.8) is 0 Å². The van der Waals surface area contributed by atoms with Crippen LogP contribution in [0.1, 0.15) is 0 Å². The fourth-order valence-electron chi connectivity index (χ4n) is 12.0. The van der Waals surface area contributed by atoms with Crippen molar-refractivity contribution in [3.8, 4) is 28.2 Å². The first-order valence-electron chi connectivity index (χ1n) is 24.2. The molecule has 14 aromatic rings. The third kappa shape index (κ3) is 5.87. The summed E-state index contributed by atoms with van der Waals surface area (Å²) in [5.41, 5.74) is 12.9. The molecule has 0 aliphatic heterocycles. The lowest BCUT2D eigenvalue weighted by Crippen LogP contribution is -2.75. The maximum Gasteiger partial charge on any atom is 0.182 e. The lowest BCUT2D eigenvalue weighted by molar-refractivity contribution is 1.15. The van der Waals surface area contributed by atoms with E-state index in [0.29, 0.717) is 0 Å². The van der Waals surface area contributed by atoms with Crippen LogP contribution in [0, 0.1) is 0 Å². The number of fused-ring (bicyclic) bond motifs is 9. The Hall–Kier alpha value is -8.96. The van der Waals surface area contributed by atoms with Gasteiger partial charge in [0.25, 0.3) is 0 Å². The monoisotopic (exact) mass is 907 g/mol. The summed E-state index contributed by atoms with van der Waals surface area (Å²) in [7, 11) is -3.24. The zero-order valence-electron chi connectivity index (χ0n) is 38.3. The molecule has 328 valence electrons. The number of benzene rings is 11. The molecule has 3 nitrogen and oxygen atoms in total. The molecule has 14 rings (SSSR count). The van der Waals surface area contributed by atoms with Gasteiger partial charge in [0.2, 0.25) is 0 Å². The molecule has 0 N–H and O–H groups in total. The molecule has 70 heavy (non-hydrogen) atoms. The Labute approximate surface area is 407 Å². The Morgan fingerprint density at radius 2 is 0.671 bits per heavy atom. The van der Waals surface area contributed by atoms with Gasteiger partial charge in [-0.15, -0.1) is 0 Å². The van der Waals surface area contributed by atoms with Crippen molar-refractivity contribution < 1.29 is 0 Å². The Morgan fingerprint density at radius 1 is 0.257 bits per heavy atom. The van der Waals surface area contributed by atoms with Crippen LogP contribution in [0.25, 0.3) is 93.6 Å². The van der Waals surface area contributed by atoms with E-state index in [0.717, 1.165) is 16.9 Å². The number of hydrogen-bond donors (Lipinski definition) is 0. The molecule has 0 radical (unpaired) electrons. The van der Waals surface area contributed by atoms with E-state index < -0.39 is 8.07 Å². The van der Waals surface area contributed by atoms with Gasteiger partial charge in [-0.2, -0.15) is 0 Å². The van der Waals surface area contributed by atoms with Crippen LogP contribution in [0.15, 0.2) is 273 Å². The molecule has 3 heterocycles. The van der Waals surface area contributed by atoms with Crippen molar-refractivity contribution in [1.82, 2.24) is 13.7 Å². The van der Waals surface area contributed by atoms with Crippen LogP contribution in [0.3, 0.4) is 0 Å². The van der Waals surface area contributed by atoms with Crippen LogP contribution < -0.4 is 20.7 Å². The van der Waals surface area contributed by atoms with Crippen LogP contribution in [0.5, 0.6) is 0 Å². The number of nitrogens with zero attached hydrogens (tertiary/aromatic N) is 3. The molecular formula is C66H45N3Si. The van der Waals surface area contributed by atoms with Gasteiger partial charge >= 0.3 is 0 Å². The quantitative estimate of drug-likeness (QED) is 0.107. The third-order valence-electron chi connectivity index (χ3n) is 14.8. The van der Waals surface area contributed by atoms with E-state index in [9.17, 15) is 0 Å². The lowest BCUT2D eigenvalue weighted by Gasteiger charge is -2.37.